The molecule has 0 saturated heterocycles. The van der Waals surface area contributed by atoms with Crippen LogP contribution < -0.4 is 0 Å². The number of aromatic carboxylic acids is 1. The first kappa shape index (κ1) is 10.9. The highest BCUT2D eigenvalue weighted by Crippen LogP contribution is 2.26. The smallest absolute Gasteiger partial charge is 0.335 e. The highest BCUT2D eigenvalue weighted by Gasteiger charge is 2.15. The van der Waals surface area contributed by atoms with E-state index < -0.39 is 10.9 Å². The van der Waals surface area contributed by atoms with Crippen molar-refractivity contribution < 1.29 is 19.2 Å². The maximum absolute atomic E-state index is 10.8. The van der Waals surface area contributed by atoms with Crippen LogP contribution in [0.2, 0.25) is 0 Å². The third-order valence-corrected chi connectivity index (χ3v) is 2.18. The molecule has 17 heavy (non-hydrogen) atoms. The molecule has 1 heterocycles. The number of carboxylic acid groups (broad SMARTS) is 1. The lowest BCUT2D eigenvalue weighted by molar-refractivity contribution is -0.384. The molecule has 1 aromatic heterocycles. The normalized spacial score (nSPS) is 10.1. The van der Waals surface area contributed by atoms with Crippen LogP contribution in [0.25, 0.3) is 11.3 Å². The molecule has 0 aliphatic heterocycles. The number of furan rings is 1. The minimum absolute atomic E-state index is 0.148. The maximum atomic E-state index is 10.8. The number of nitro groups is 1. The van der Waals surface area contributed by atoms with Gasteiger partial charge in [-0.1, -0.05) is 0 Å². The molecule has 86 valence electrons. The number of benzene rings is 1. The fourth-order valence-electron chi connectivity index (χ4n) is 1.43. The summed E-state index contributed by atoms with van der Waals surface area (Å²) in [5.41, 5.74) is -0.0662. The number of rotatable bonds is 3. The number of nitrogens with zero attached hydrogens (tertiary/aromatic N) is 1. The van der Waals surface area contributed by atoms with Crippen LogP contribution in [0, 0.1) is 10.1 Å². The van der Waals surface area contributed by atoms with Crippen molar-refractivity contribution in [2.75, 3.05) is 0 Å². The van der Waals surface area contributed by atoms with E-state index in [1.54, 1.807) is 12.1 Å². The summed E-state index contributed by atoms with van der Waals surface area (Å²) >= 11 is 0. The molecule has 6 nitrogen and oxygen atoms in total. The van der Waals surface area contributed by atoms with E-state index in [0.717, 1.165) is 6.07 Å². The molecule has 6 heteroatoms. The summed E-state index contributed by atoms with van der Waals surface area (Å²) in [4.78, 5) is 20.9. The van der Waals surface area contributed by atoms with Crippen LogP contribution in [0.1, 0.15) is 10.4 Å². The van der Waals surface area contributed by atoms with Gasteiger partial charge in [-0.15, -0.1) is 0 Å². The van der Waals surface area contributed by atoms with Gasteiger partial charge in [0, 0.05) is 17.7 Å². The second kappa shape index (κ2) is 4.09. The third kappa shape index (κ3) is 2.15. The first-order chi connectivity index (χ1) is 8.08. The van der Waals surface area contributed by atoms with Crippen molar-refractivity contribution in [3.63, 3.8) is 0 Å². The Morgan fingerprint density at radius 3 is 2.65 bits per heavy atom. The van der Waals surface area contributed by atoms with E-state index in [-0.39, 0.29) is 11.3 Å². The molecule has 0 bridgehead atoms. The summed E-state index contributed by atoms with van der Waals surface area (Å²) in [7, 11) is 0. The Morgan fingerprint density at radius 2 is 2.12 bits per heavy atom. The number of hydrogen-bond donors (Lipinski definition) is 1. The van der Waals surface area contributed by atoms with Gasteiger partial charge in [0.15, 0.2) is 0 Å². The fourth-order valence-corrected chi connectivity index (χ4v) is 1.43. The van der Waals surface area contributed by atoms with Crippen molar-refractivity contribution in [1.29, 1.82) is 0 Å². The average Bonchev–Trinajstić information content (AvgIpc) is 2.81. The zero-order valence-electron chi connectivity index (χ0n) is 8.49. The molecule has 0 aliphatic carbocycles. The van der Waals surface area contributed by atoms with Crippen LogP contribution in [0.15, 0.2) is 41.0 Å². The molecule has 0 fully saturated rings. The molecule has 2 aromatic rings. The van der Waals surface area contributed by atoms with Crippen LogP contribution >= 0.6 is 0 Å². The van der Waals surface area contributed by atoms with E-state index in [9.17, 15) is 14.9 Å². The molecule has 0 aliphatic rings. The minimum Gasteiger partial charge on any atom is -0.478 e. The van der Waals surface area contributed by atoms with Gasteiger partial charge >= 0.3 is 5.97 Å². The van der Waals surface area contributed by atoms with Gasteiger partial charge in [-0.2, -0.15) is 0 Å². The molecule has 2 rings (SSSR count). The first-order valence-electron chi connectivity index (χ1n) is 4.64. The van der Waals surface area contributed by atoms with Crippen LogP contribution in [-0.4, -0.2) is 16.0 Å². The van der Waals surface area contributed by atoms with Crippen molar-refractivity contribution in [3.8, 4) is 11.3 Å². The fraction of sp³-hybridized carbons (Fsp3) is 0. The largest absolute Gasteiger partial charge is 0.478 e. The zero-order valence-corrected chi connectivity index (χ0v) is 8.49. The van der Waals surface area contributed by atoms with E-state index in [1.807, 2.05) is 0 Å². The van der Waals surface area contributed by atoms with Gasteiger partial charge in [-0.05, 0) is 18.2 Å². The monoisotopic (exact) mass is 233 g/mol. The van der Waals surface area contributed by atoms with Crippen molar-refractivity contribution >= 4 is 11.7 Å². The van der Waals surface area contributed by atoms with Gasteiger partial charge in [0.25, 0.3) is 5.69 Å². The zero-order chi connectivity index (χ0) is 12.4. The SMILES string of the molecule is O=C(O)c1cc(-c2ccco2)cc([N+](=O)[O-])c1. The average molecular weight is 233 g/mol. The lowest BCUT2D eigenvalue weighted by Crippen LogP contribution is -1.98. The topological polar surface area (TPSA) is 93.6 Å². The molecule has 0 saturated carbocycles. The summed E-state index contributed by atoms with van der Waals surface area (Å²) < 4.78 is 5.07. The second-order valence-corrected chi connectivity index (χ2v) is 3.31. The summed E-state index contributed by atoms with van der Waals surface area (Å²) in [6.07, 6.45) is 1.41. The Labute approximate surface area is 95.3 Å². The second-order valence-electron chi connectivity index (χ2n) is 3.31. The van der Waals surface area contributed by atoms with Gasteiger partial charge in [-0.25, -0.2) is 4.79 Å². The van der Waals surface area contributed by atoms with Gasteiger partial charge in [0.1, 0.15) is 5.76 Å². The molecular formula is C11H7NO5. The minimum atomic E-state index is -1.22. The highest BCUT2D eigenvalue weighted by molar-refractivity contribution is 5.90. The Kier molecular flexibility index (Phi) is 2.61. The molecule has 0 atom stereocenters. The molecule has 0 spiro atoms. The lowest BCUT2D eigenvalue weighted by atomic mass is 10.1. The van der Waals surface area contributed by atoms with Gasteiger partial charge < -0.3 is 9.52 Å². The molecule has 0 amide bonds. The van der Waals surface area contributed by atoms with Gasteiger partial charge in [0.2, 0.25) is 0 Å². The standard InChI is InChI=1S/C11H7NO5/c13-11(14)8-4-7(10-2-1-3-17-10)5-9(6-8)12(15)16/h1-6H,(H,13,14). The number of hydrogen-bond acceptors (Lipinski definition) is 4. The van der Waals surface area contributed by atoms with E-state index in [2.05, 4.69) is 0 Å². The van der Waals surface area contributed by atoms with Crippen molar-refractivity contribution in [2.24, 2.45) is 0 Å². The summed E-state index contributed by atoms with van der Waals surface area (Å²) in [5.74, 6) is -0.835. The maximum Gasteiger partial charge on any atom is 0.335 e. The number of carboxylic acids is 1. The van der Waals surface area contributed by atoms with Crippen LogP contribution in [0.5, 0.6) is 0 Å². The predicted molar refractivity (Wildman–Crippen MR) is 57.8 cm³/mol. The van der Waals surface area contributed by atoms with Crippen molar-refractivity contribution in [3.05, 3.63) is 52.3 Å². The molecule has 0 unspecified atom stereocenters. The molecular weight excluding hydrogens is 226 g/mol. The first-order valence-corrected chi connectivity index (χ1v) is 4.64. The third-order valence-electron chi connectivity index (χ3n) is 2.18. The van der Waals surface area contributed by atoms with Crippen molar-refractivity contribution in [1.82, 2.24) is 0 Å². The van der Waals surface area contributed by atoms with E-state index >= 15 is 0 Å². The van der Waals surface area contributed by atoms with Gasteiger partial charge in [-0.3, -0.25) is 10.1 Å². The Bertz CT molecular complexity index is 541. The van der Waals surface area contributed by atoms with E-state index in [1.165, 1.54) is 18.4 Å². The van der Waals surface area contributed by atoms with Crippen LogP contribution in [0.4, 0.5) is 5.69 Å². The van der Waals surface area contributed by atoms with E-state index in [0.29, 0.717) is 11.3 Å². The molecule has 1 N–H and O–H groups in total. The van der Waals surface area contributed by atoms with Crippen LogP contribution in [0.3, 0.4) is 0 Å². The number of nitro benzene ring substituents is 1. The molecule has 1 aromatic carbocycles. The summed E-state index contributed by atoms with van der Waals surface area (Å²) in [6.45, 7) is 0. The number of non-ortho nitro benzene ring substituents is 1. The van der Waals surface area contributed by atoms with Gasteiger partial charge in [0.05, 0.1) is 16.7 Å². The lowest BCUT2D eigenvalue weighted by Gasteiger charge is -2.00. The Morgan fingerprint density at radius 1 is 1.35 bits per heavy atom. The molecule has 0 radical (unpaired) electrons. The highest BCUT2D eigenvalue weighted by atomic mass is 16.6. The quantitative estimate of drug-likeness (QED) is 0.649. The summed E-state index contributed by atoms with van der Waals surface area (Å²) in [5, 5.41) is 19.5. The Hall–Kier alpha value is -2.63. The number of carbonyl (C=O) groups is 1. The Balaban J connectivity index is 2.60. The predicted octanol–water partition coefficient (Wildman–Crippen LogP) is 2.55. The van der Waals surface area contributed by atoms with Crippen molar-refractivity contribution in [2.45, 2.75) is 0 Å². The summed E-state index contributed by atoms with van der Waals surface area (Å²) in [6, 6.07) is 6.83. The van der Waals surface area contributed by atoms with E-state index in [4.69, 9.17) is 9.52 Å². The van der Waals surface area contributed by atoms with Crippen LogP contribution in [-0.2, 0) is 0 Å².